The highest BCUT2D eigenvalue weighted by Gasteiger charge is 2.31. The molecule has 7 nitrogen and oxygen atoms in total. The number of nitrogens with zero attached hydrogens (tertiary/aromatic N) is 4. The van der Waals surface area contributed by atoms with Gasteiger partial charge in [-0.2, -0.15) is 5.10 Å². The van der Waals surface area contributed by atoms with Crippen molar-refractivity contribution in [3.63, 3.8) is 0 Å². The number of hydrogen-bond donors (Lipinski definition) is 1. The summed E-state index contributed by atoms with van der Waals surface area (Å²) in [5, 5.41) is 7.62. The van der Waals surface area contributed by atoms with Gasteiger partial charge in [-0.05, 0) is 31.7 Å². The molecule has 1 atom stereocenters. The third-order valence-corrected chi connectivity index (χ3v) is 5.50. The van der Waals surface area contributed by atoms with Crippen LogP contribution in [0.1, 0.15) is 37.4 Å². The van der Waals surface area contributed by atoms with E-state index in [4.69, 9.17) is 4.74 Å². The maximum Gasteiger partial charge on any atom is 0.317 e. The van der Waals surface area contributed by atoms with E-state index in [-0.39, 0.29) is 12.1 Å². The predicted molar refractivity (Wildman–Crippen MR) is 89.7 cm³/mol. The fourth-order valence-corrected chi connectivity index (χ4v) is 4.13. The Labute approximate surface area is 142 Å². The van der Waals surface area contributed by atoms with E-state index in [1.807, 2.05) is 11.1 Å². The third kappa shape index (κ3) is 3.28. The Balaban J connectivity index is 1.40. The molecule has 0 aromatic carbocycles. The van der Waals surface area contributed by atoms with E-state index >= 15 is 0 Å². The SMILES string of the molecule is O=C(NC[C@@H]1CN(C2CCOCC2)Cc2ccnn21)N1CCCC1. The molecule has 24 heavy (non-hydrogen) atoms. The molecule has 3 aliphatic rings. The lowest BCUT2D eigenvalue weighted by atomic mass is 10.0. The van der Waals surface area contributed by atoms with Gasteiger partial charge in [0, 0.05) is 58.2 Å². The molecular weight excluding hydrogens is 306 g/mol. The van der Waals surface area contributed by atoms with Crippen LogP contribution in [0.2, 0.25) is 0 Å². The number of ether oxygens (including phenoxy) is 1. The summed E-state index contributed by atoms with van der Waals surface area (Å²) >= 11 is 0. The van der Waals surface area contributed by atoms with Crippen molar-refractivity contribution in [1.29, 1.82) is 0 Å². The van der Waals surface area contributed by atoms with Gasteiger partial charge in [-0.25, -0.2) is 4.79 Å². The minimum absolute atomic E-state index is 0.0735. The van der Waals surface area contributed by atoms with Crippen LogP contribution in [-0.4, -0.2) is 71.0 Å². The Morgan fingerprint density at radius 1 is 1.29 bits per heavy atom. The summed E-state index contributed by atoms with van der Waals surface area (Å²) in [6, 6.07) is 2.96. The van der Waals surface area contributed by atoms with Crippen molar-refractivity contribution in [3.8, 4) is 0 Å². The Kier molecular flexibility index (Phi) is 4.71. The zero-order chi connectivity index (χ0) is 16.4. The average Bonchev–Trinajstić information content (AvgIpc) is 3.31. The van der Waals surface area contributed by atoms with E-state index in [2.05, 4.69) is 26.1 Å². The molecule has 2 fully saturated rings. The lowest BCUT2D eigenvalue weighted by Gasteiger charge is -2.40. The van der Waals surface area contributed by atoms with Gasteiger partial charge in [0.2, 0.25) is 0 Å². The molecule has 0 unspecified atom stereocenters. The number of carbonyl (C=O) groups excluding carboxylic acids is 1. The Morgan fingerprint density at radius 2 is 2.08 bits per heavy atom. The van der Waals surface area contributed by atoms with E-state index in [0.29, 0.717) is 12.6 Å². The maximum atomic E-state index is 12.3. The second-order valence-electron chi connectivity index (χ2n) is 7.07. The Morgan fingerprint density at radius 3 is 2.88 bits per heavy atom. The lowest BCUT2D eigenvalue weighted by molar-refractivity contribution is 0.0167. The second-order valence-corrected chi connectivity index (χ2v) is 7.07. The van der Waals surface area contributed by atoms with Crippen LogP contribution in [0.25, 0.3) is 0 Å². The summed E-state index contributed by atoms with van der Waals surface area (Å²) in [5.41, 5.74) is 1.24. The molecule has 2 amide bonds. The fourth-order valence-electron chi connectivity index (χ4n) is 4.13. The van der Waals surface area contributed by atoms with Crippen LogP contribution in [0.15, 0.2) is 12.3 Å². The average molecular weight is 333 g/mol. The summed E-state index contributed by atoms with van der Waals surface area (Å²) in [6.07, 6.45) is 6.31. The largest absolute Gasteiger partial charge is 0.381 e. The molecule has 4 heterocycles. The van der Waals surface area contributed by atoms with Crippen molar-refractivity contribution in [3.05, 3.63) is 18.0 Å². The molecule has 2 saturated heterocycles. The van der Waals surface area contributed by atoms with Gasteiger partial charge in [-0.3, -0.25) is 9.58 Å². The van der Waals surface area contributed by atoms with E-state index in [9.17, 15) is 4.79 Å². The number of hydrogen-bond acceptors (Lipinski definition) is 4. The van der Waals surface area contributed by atoms with E-state index in [1.165, 1.54) is 5.69 Å². The summed E-state index contributed by atoms with van der Waals surface area (Å²) in [5.74, 6) is 0. The number of aromatic nitrogens is 2. The van der Waals surface area contributed by atoms with Crippen LogP contribution in [0.3, 0.4) is 0 Å². The molecule has 1 aromatic rings. The second kappa shape index (κ2) is 7.11. The number of nitrogens with one attached hydrogen (secondary N) is 1. The van der Waals surface area contributed by atoms with Crippen LogP contribution < -0.4 is 5.32 Å². The smallest absolute Gasteiger partial charge is 0.317 e. The maximum absolute atomic E-state index is 12.3. The molecule has 0 aliphatic carbocycles. The van der Waals surface area contributed by atoms with E-state index < -0.39 is 0 Å². The molecule has 0 radical (unpaired) electrons. The normalized spacial score (nSPS) is 25.7. The topological polar surface area (TPSA) is 62.6 Å². The van der Waals surface area contributed by atoms with Crippen LogP contribution in [0, 0.1) is 0 Å². The molecule has 0 saturated carbocycles. The van der Waals surface area contributed by atoms with Crippen molar-refractivity contribution < 1.29 is 9.53 Å². The third-order valence-electron chi connectivity index (χ3n) is 5.50. The minimum Gasteiger partial charge on any atom is -0.381 e. The zero-order valence-corrected chi connectivity index (χ0v) is 14.2. The van der Waals surface area contributed by atoms with E-state index in [1.54, 1.807) is 0 Å². The molecular formula is C17H27N5O2. The number of amides is 2. The van der Waals surface area contributed by atoms with Crippen molar-refractivity contribution in [1.82, 2.24) is 24.9 Å². The van der Waals surface area contributed by atoms with Gasteiger partial charge in [0.25, 0.3) is 0 Å². The number of rotatable bonds is 3. The number of fused-ring (bicyclic) bond motifs is 1. The molecule has 3 aliphatic heterocycles. The predicted octanol–water partition coefficient (Wildman–Crippen LogP) is 1.22. The van der Waals surface area contributed by atoms with Crippen LogP contribution in [0.4, 0.5) is 4.79 Å². The molecule has 7 heteroatoms. The summed E-state index contributed by atoms with van der Waals surface area (Å²) in [6.45, 7) is 6.02. The van der Waals surface area contributed by atoms with Gasteiger partial charge in [0.05, 0.1) is 11.7 Å². The zero-order valence-electron chi connectivity index (χ0n) is 14.2. The van der Waals surface area contributed by atoms with Crippen molar-refractivity contribution in [2.45, 2.75) is 44.3 Å². The first kappa shape index (κ1) is 15.9. The highest BCUT2D eigenvalue weighted by molar-refractivity contribution is 5.74. The first-order chi connectivity index (χ1) is 11.8. The Hall–Kier alpha value is -1.60. The Bertz CT molecular complexity index is 563. The standard InChI is InChI=1S/C17H27N5O2/c23-17(20-7-1-2-8-20)18-11-16-13-21(14-4-9-24-10-5-14)12-15-3-6-19-22(15)16/h3,6,14,16H,1-2,4-5,7-13H2,(H,18,23)/t16-/m1/s1. The molecule has 1 aromatic heterocycles. The number of carbonyl (C=O) groups is 1. The summed E-state index contributed by atoms with van der Waals surface area (Å²) < 4.78 is 7.60. The van der Waals surface area contributed by atoms with Crippen LogP contribution in [-0.2, 0) is 11.3 Å². The van der Waals surface area contributed by atoms with Gasteiger partial charge < -0.3 is 15.0 Å². The highest BCUT2D eigenvalue weighted by Crippen LogP contribution is 2.25. The highest BCUT2D eigenvalue weighted by atomic mass is 16.5. The monoisotopic (exact) mass is 333 g/mol. The number of urea groups is 1. The molecule has 4 rings (SSSR count). The summed E-state index contributed by atoms with van der Waals surface area (Å²) in [7, 11) is 0. The summed E-state index contributed by atoms with van der Waals surface area (Å²) in [4.78, 5) is 16.7. The lowest BCUT2D eigenvalue weighted by Crippen LogP contribution is -2.49. The van der Waals surface area contributed by atoms with Crippen LogP contribution in [0.5, 0.6) is 0 Å². The van der Waals surface area contributed by atoms with Gasteiger partial charge >= 0.3 is 6.03 Å². The number of likely N-dealkylation sites (tertiary alicyclic amines) is 1. The van der Waals surface area contributed by atoms with Crippen molar-refractivity contribution >= 4 is 6.03 Å². The first-order valence-corrected chi connectivity index (χ1v) is 9.18. The van der Waals surface area contributed by atoms with Gasteiger partial charge in [0.15, 0.2) is 0 Å². The fraction of sp³-hybridized carbons (Fsp3) is 0.765. The molecule has 0 spiro atoms. The van der Waals surface area contributed by atoms with Gasteiger partial charge in [-0.15, -0.1) is 0 Å². The van der Waals surface area contributed by atoms with Gasteiger partial charge in [-0.1, -0.05) is 0 Å². The molecule has 0 bridgehead atoms. The van der Waals surface area contributed by atoms with Crippen molar-refractivity contribution in [2.24, 2.45) is 0 Å². The minimum atomic E-state index is 0.0735. The van der Waals surface area contributed by atoms with Crippen LogP contribution >= 0.6 is 0 Å². The van der Waals surface area contributed by atoms with Crippen molar-refractivity contribution in [2.75, 3.05) is 39.4 Å². The molecule has 132 valence electrons. The quantitative estimate of drug-likeness (QED) is 0.904. The van der Waals surface area contributed by atoms with Gasteiger partial charge in [0.1, 0.15) is 0 Å². The molecule has 1 N–H and O–H groups in total. The van der Waals surface area contributed by atoms with E-state index in [0.717, 1.165) is 65.1 Å². The first-order valence-electron chi connectivity index (χ1n) is 9.18.